The van der Waals surface area contributed by atoms with E-state index in [0.29, 0.717) is 18.7 Å². The van der Waals surface area contributed by atoms with Gasteiger partial charge in [0.2, 0.25) is 15.9 Å². The van der Waals surface area contributed by atoms with Crippen molar-refractivity contribution in [3.05, 3.63) is 64.2 Å². The van der Waals surface area contributed by atoms with Gasteiger partial charge in [-0.15, -0.1) is 0 Å². The van der Waals surface area contributed by atoms with Crippen LogP contribution in [0, 0.1) is 0 Å². The molecule has 160 valence electrons. The predicted molar refractivity (Wildman–Crippen MR) is 117 cm³/mol. The molecule has 7 nitrogen and oxygen atoms in total. The maximum absolute atomic E-state index is 12.8. The van der Waals surface area contributed by atoms with Gasteiger partial charge in [0, 0.05) is 37.8 Å². The number of nitrogens with zero attached hydrogens (tertiary/aromatic N) is 3. The Kier molecular flexibility index (Phi) is 7.12. The van der Waals surface area contributed by atoms with Crippen LogP contribution in [0.4, 0.5) is 0 Å². The maximum Gasteiger partial charge on any atom is 0.255 e. The summed E-state index contributed by atoms with van der Waals surface area (Å²) in [6, 6.07) is 10.8. The van der Waals surface area contributed by atoms with Gasteiger partial charge < -0.3 is 9.64 Å². The molecule has 1 fully saturated rings. The van der Waals surface area contributed by atoms with E-state index in [9.17, 15) is 13.2 Å². The minimum absolute atomic E-state index is 0.0810. The number of halogens is 1. The van der Waals surface area contributed by atoms with Gasteiger partial charge in [-0.2, -0.15) is 4.31 Å². The van der Waals surface area contributed by atoms with Crippen LogP contribution in [0.1, 0.15) is 29.8 Å². The van der Waals surface area contributed by atoms with Crippen molar-refractivity contribution in [2.75, 3.05) is 26.2 Å². The van der Waals surface area contributed by atoms with Crippen molar-refractivity contribution < 1.29 is 17.9 Å². The molecule has 0 unspecified atom stereocenters. The van der Waals surface area contributed by atoms with E-state index in [2.05, 4.69) is 4.98 Å². The van der Waals surface area contributed by atoms with Gasteiger partial charge in [-0.3, -0.25) is 4.79 Å². The molecular weight excluding hydrogens is 426 g/mol. The summed E-state index contributed by atoms with van der Waals surface area (Å²) >= 11 is 6.17. The quantitative estimate of drug-likeness (QED) is 0.676. The van der Waals surface area contributed by atoms with Gasteiger partial charge in [-0.1, -0.05) is 41.9 Å². The van der Waals surface area contributed by atoms with Gasteiger partial charge >= 0.3 is 0 Å². The summed E-state index contributed by atoms with van der Waals surface area (Å²) in [5.41, 5.74) is 1.15. The first kappa shape index (κ1) is 22.3. The van der Waals surface area contributed by atoms with E-state index < -0.39 is 10.0 Å². The molecule has 30 heavy (non-hydrogen) atoms. The lowest BCUT2D eigenvalue weighted by molar-refractivity contribution is 0.0698. The molecule has 0 aliphatic carbocycles. The fourth-order valence-corrected chi connectivity index (χ4v) is 4.38. The number of hydrogen-bond acceptors (Lipinski definition) is 5. The van der Waals surface area contributed by atoms with E-state index in [1.54, 1.807) is 11.0 Å². The highest BCUT2D eigenvalue weighted by Gasteiger charge is 2.28. The normalized spacial score (nSPS) is 15.7. The molecule has 1 aromatic carbocycles. The van der Waals surface area contributed by atoms with Crippen molar-refractivity contribution in [3.8, 4) is 5.88 Å². The number of amides is 1. The van der Waals surface area contributed by atoms with Crippen molar-refractivity contribution in [1.82, 2.24) is 14.2 Å². The Balaban J connectivity index is 1.61. The van der Waals surface area contributed by atoms with Crippen LogP contribution >= 0.6 is 11.6 Å². The molecule has 1 aliphatic rings. The van der Waals surface area contributed by atoms with Crippen LogP contribution in [0.2, 0.25) is 5.02 Å². The van der Waals surface area contributed by atoms with Crippen molar-refractivity contribution in [2.45, 2.75) is 20.0 Å². The summed E-state index contributed by atoms with van der Waals surface area (Å²) < 4.78 is 32.0. The molecule has 1 aromatic heterocycles. The predicted octanol–water partition coefficient (Wildman–Crippen LogP) is 3.28. The van der Waals surface area contributed by atoms with Crippen LogP contribution < -0.4 is 4.74 Å². The third-order valence-electron chi connectivity index (χ3n) is 4.52. The topological polar surface area (TPSA) is 79.8 Å². The number of pyridine rings is 1. The lowest BCUT2D eigenvalue weighted by Gasteiger charge is -2.33. The number of carbonyl (C=O) groups is 1. The molecule has 3 rings (SSSR count). The Morgan fingerprint density at radius 3 is 2.43 bits per heavy atom. The second kappa shape index (κ2) is 9.59. The average molecular weight is 450 g/mol. The smallest absolute Gasteiger partial charge is 0.255 e. The maximum atomic E-state index is 12.8. The zero-order valence-electron chi connectivity index (χ0n) is 16.9. The SMILES string of the molecule is CC(C)Oc1ncc(C(=O)N2CCN(S(=O)(=O)C=Cc3ccccc3)CC2)cc1Cl. The first-order chi connectivity index (χ1) is 14.3. The van der Waals surface area contributed by atoms with Gasteiger partial charge in [0.1, 0.15) is 5.02 Å². The molecule has 1 aliphatic heterocycles. The lowest BCUT2D eigenvalue weighted by Crippen LogP contribution is -2.50. The molecular formula is C21H24ClN3O4S. The Hall–Kier alpha value is -2.42. The molecule has 0 bridgehead atoms. The summed E-state index contributed by atoms with van der Waals surface area (Å²) in [6.07, 6.45) is 2.92. The van der Waals surface area contributed by atoms with Crippen LogP contribution in [0.15, 0.2) is 48.0 Å². The molecule has 1 saturated heterocycles. The molecule has 0 saturated carbocycles. The van der Waals surface area contributed by atoms with E-state index in [4.69, 9.17) is 16.3 Å². The Morgan fingerprint density at radius 2 is 1.83 bits per heavy atom. The Bertz CT molecular complexity index is 1020. The first-order valence-electron chi connectivity index (χ1n) is 9.61. The number of benzene rings is 1. The average Bonchev–Trinajstić information content (AvgIpc) is 2.74. The van der Waals surface area contributed by atoms with Crippen molar-refractivity contribution >= 4 is 33.6 Å². The van der Waals surface area contributed by atoms with Crippen molar-refractivity contribution in [3.63, 3.8) is 0 Å². The summed E-state index contributed by atoms with van der Waals surface area (Å²) in [4.78, 5) is 18.5. The first-order valence-corrected chi connectivity index (χ1v) is 11.5. The second-order valence-electron chi connectivity index (χ2n) is 7.13. The standard InChI is InChI=1S/C21H24ClN3O4S/c1-16(2)29-20-19(22)14-18(15-23-20)21(26)24-9-11-25(12-10-24)30(27,28)13-8-17-6-4-3-5-7-17/h3-8,13-16H,9-12H2,1-2H3. The largest absolute Gasteiger partial charge is 0.474 e. The number of piperazine rings is 1. The number of aromatic nitrogens is 1. The third kappa shape index (κ3) is 5.59. The number of ether oxygens (including phenoxy) is 1. The molecule has 0 atom stereocenters. The van der Waals surface area contributed by atoms with Crippen LogP contribution in [0.3, 0.4) is 0 Å². The van der Waals surface area contributed by atoms with Crippen molar-refractivity contribution in [2.24, 2.45) is 0 Å². The Labute approximate surface area is 182 Å². The van der Waals surface area contributed by atoms with Gasteiger partial charge in [-0.25, -0.2) is 13.4 Å². The zero-order chi connectivity index (χ0) is 21.7. The minimum Gasteiger partial charge on any atom is -0.474 e. The fraction of sp³-hybridized carbons (Fsp3) is 0.333. The van der Waals surface area contributed by atoms with E-state index in [-0.39, 0.29) is 36.0 Å². The Morgan fingerprint density at radius 1 is 1.17 bits per heavy atom. The molecule has 2 aromatic rings. The van der Waals surface area contributed by atoms with Gasteiger partial charge in [-0.05, 0) is 31.6 Å². The van der Waals surface area contributed by atoms with Crippen molar-refractivity contribution in [1.29, 1.82) is 0 Å². The molecule has 2 heterocycles. The van der Waals surface area contributed by atoms with E-state index >= 15 is 0 Å². The van der Waals surface area contributed by atoms with Gasteiger partial charge in [0.25, 0.3) is 5.91 Å². The highest BCUT2D eigenvalue weighted by Crippen LogP contribution is 2.24. The lowest BCUT2D eigenvalue weighted by atomic mass is 10.2. The number of sulfonamides is 1. The molecule has 0 N–H and O–H groups in total. The van der Waals surface area contributed by atoms with Crippen LogP contribution in [-0.2, 0) is 10.0 Å². The van der Waals surface area contributed by atoms with Crippen LogP contribution in [0.25, 0.3) is 6.08 Å². The highest BCUT2D eigenvalue weighted by molar-refractivity contribution is 7.92. The fourth-order valence-electron chi connectivity index (χ4n) is 3.00. The monoisotopic (exact) mass is 449 g/mol. The minimum atomic E-state index is -3.55. The van der Waals surface area contributed by atoms with E-state index in [1.165, 1.54) is 22.0 Å². The molecule has 1 amide bonds. The highest BCUT2D eigenvalue weighted by atomic mass is 35.5. The number of hydrogen-bond donors (Lipinski definition) is 0. The third-order valence-corrected chi connectivity index (χ3v) is 6.36. The van der Waals surface area contributed by atoms with Gasteiger partial charge in [0.15, 0.2) is 0 Å². The molecule has 9 heteroatoms. The van der Waals surface area contributed by atoms with E-state index in [1.807, 2.05) is 44.2 Å². The zero-order valence-corrected chi connectivity index (χ0v) is 18.4. The second-order valence-corrected chi connectivity index (χ2v) is 9.35. The number of rotatable bonds is 6. The summed E-state index contributed by atoms with van der Waals surface area (Å²) in [7, 11) is -3.55. The van der Waals surface area contributed by atoms with E-state index in [0.717, 1.165) is 5.56 Å². The molecule has 0 radical (unpaired) electrons. The number of carbonyl (C=O) groups excluding carboxylic acids is 1. The summed E-state index contributed by atoms with van der Waals surface area (Å²) in [5.74, 6) is 0.0432. The summed E-state index contributed by atoms with van der Waals surface area (Å²) in [6.45, 7) is 4.75. The van der Waals surface area contributed by atoms with Crippen LogP contribution in [-0.4, -0.2) is 60.8 Å². The van der Waals surface area contributed by atoms with Gasteiger partial charge in [0.05, 0.1) is 11.7 Å². The molecule has 0 spiro atoms. The summed E-state index contributed by atoms with van der Waals surface area (Å²) in [5, 5.41) is 1.47. The van der Waals surface area contributed by atoms with Crippen LogP contribution in [0.5, 0.6) is 5.88 Å².